The van der Waals surface area contributed by atoms with Gasteiger partial charge in [0.25, 0.3) is 0 Å². The standard InChI is InChI=1S/C21H19F2NO/c22-17-9-10-20(21(23)13-17)16(14-24)11-15-5-4-8-19(12-15)25-18-6-2-1-3-7-18/h1-10,12-13,16H,11,14,24H2. The van der Waals surface area contributed by atoms with Gasteiger partial charge in [-0.1, -0.05) is 36.4 Å². The van der Waals surface area contributed by atoms with Crippen LogP contribution in [0.5, 0.6) is 11.5 Å². The van der Waals surface area contributed by atoms with Gasteiger partial charge in [0.2, 0.25) is 0 Å². The Hall–Kier alpha value is -2.72. The molecule has 2 nitrogen and oxygen atoms in total. The van der Waals surface area contributed by atoms with E-state index in [0.717, 1.165) is 17.4 Å². The van der Waals surface area contributed by atoms with Crippen LogP contribution in [0.1, 0.15) is 17.0 Å². The summed E-state index contributed by atoms with van der Waals surface area (Å²) in [6.07, 6.45) is 0.547. The molecule has 3 aromatic rings. The molecule has 3 rings (SSSR count). The van der Waals surface area contributed by atoms with Gasteiger partial charge in [0, 0.05) is 12.0 Å². The summed E-state index contributed by atoms with van der Waals surface area (Å²) in [5.74, 6) is 0.0775. The van der Waals surface area contributed by atoms with E-state index in [0.29, 0.717) is 17.7 Å². The van der Waals surface area contributed by atoms with Crippen molar-refractivity contribution in [2.45, 2.75) is 12.3 Å². The minimum absolute atomic E-state index is 0.229. The van der Waals surface area contributed by atoms with E-state index in [1.165, 1.54) is 12.1 Å². The number of hydrogen-bond donors (Lipinski definition) is 1. The van der Waals surface area contributed by atoms with E-state index >= 15 is 0 Å². The molecular formula is C21H19F2NO. The topological polar surface area (TPSA) is 35.2 Å². The number of para-hydroxylation sites is 1. The van der Waals surface area contributed by atoms with Crippen LogP contribution in [-0.4, -0.2) is 6.54 Å². The zero-order chi connectivity index (χ0) is 17.6. The van der Waals surface area contributed by atoms with E-state index in [-0.39, 0.29) is 12.5 Å². The molecule has 0 aromatic heterocycles. The van der Waals surface area contributed by atoms with E-state index in [2.05, 4.69) is 0 Å². The molecule has 0 spiro atoms. The maximum atomic E-state index is 14.0. The fourth-order valence-corrected chi connectivity index (χ4v) is 2.80. The van der Waals surface area contributed by atoms with Gasteiger partial charge in [-0.05, 0) is 54.4 Å². The Morgan fingerprint density at radius 3 is 2.32 bits per heavy atom. The third-order valence-electron chi connectivity index (χ3n) is 4.05. The molecule has 25 heavy (non-hydrogen) atoms. The molecule has 0 radical (unpaired) electrons. The van der Waals surface area contributed by atoms with Crippen molar-refractivity contribution in [2.75, 3.05) is 6.54 Å². The Labute approximate surface area is 145 Å². The van der Waals surface area contributed by atoms with Crippen molar-refractivity contribution < 1.29 is 13.5 Å². The number of halogens is 2. The second-order valence-corrected chi connectivity index (χ2v) is 5.87. The van der Waals surface area contributed by atoms with Gasteiger partial charge in [-0.15, -0.1) is 0 Å². The van der Waals surface area contributed by atoms with Crippen molar-refractivity contribution in [1.82, 2.24) is 0 Å². The first-order valence-corrected chi connectivity index (χ1v) is 8.12. The Balaban J connectivity index is 1.78. The molecule has 1 atom stereocenters. The average molecular weight is 339 g/mol. The first-order chi connectivity index (χ1) is 12.2. The Morgan fingerprint density at radius 1 is 0.840 bits per heavy atom. The third kappa shape index (κ3) is 4.43. The number of ether oxygens (including phenoxy) is 1. The lowest BCUT2D eigenvalue weighted by Crippen LogP contribution is -2.16. The summed E-state index contributed by atoms with van der Waals surface area (Å²) >= 11 is 0. The van der Waals surface area contributed by atoms with Gasteiger partial charge >= 0.3 is 0 Å². The zero-order valence-corrected chi connectivity index (χ0v) is 13.7. The molecule has 0 saturated carbocycles. The maximum Gasteiger partial charge on any atom is 0.129 e. The van der Waals surface area contributed by atoms with E-state index in [1.807, 2.05) is 54.6 Å². The van der Waals surface area contributed by atoms with Crippen LogP contribution in [0, 0.1) is 11.6 Å². The molecule has 0 saturated heterocycles. The van der Waals surface area contributed by atoms with E-state index in [1.54, 1.807) is 0 Å². The highest BCUT2D eigenvalue weighted by Gasteiger charge is 2.16. The SMILES string of the molecule is NCC(Cc1cccc(Oc2ccccc2)c1)c1ccc(F)cc1F. The van der Waals surface area contributed by atoms with Gasteiger partial charge in [-0.3, -0.25) is 0 Å². The van der Waals surface area contributed by atoms with Crippen molar-refractivity contribution in [1.29, 1.82) is 0 Å². The second kappa shape index (κ2) is 7.90. The maximum absolute atomic E-state index is 14.0. The van der Waals surface area contributed by atoms with Gasteiger partial charge in [-0.25, -0.2) is 8.78 Å². The molecule has 3 aromatic carbocycles. The molecule has 128 valence electrons. The minimum Gasteiger partial charge on any atom is -0.457 e. The highest BCUT2D eigenvalue weighted by molar-refractivity contribution is 5.35. The lowest BCUT2D eigenvalue weighted by atomic mass is 9.91. The smallest absolute Gasteiger partial charge is 0.129 e. The van der Waals surface area contributed by atoms with Crippen molar-refractivity contribution in [3.63, 3.8) is 0 Å². The molecule has 0 fully saturated rings. The summed E-state index contributed by atoms with van der Waals surface area (Å²) in [6, 6.07) is 20.7. The lowest BCUT2D eigenvalue weighted by molar-refractivity contribution is 0.481. The van der Waals surface area contributed by atoms with Gasteiger partial charge in [0.05, 0.1) is 0 Å². The largest absolute Gasteiger partial charge is 0.457 e. The molecule has 2 N–H and O–H groups in total. The predicted octanol–water partition coefficient (Wildman–Crippen LogP) is 5.04. The number of nitrogens with two attached hydrogens (primary N) is 1. The fraction of sp³-hybridized carbons (Fsp3) is 0.143. The molecule has 0 aliphatic heterocycles. The van der Waals surface area contributed by atoms with Crippen LogP contribution in [0.2, 0.25) is 0 Å². The highest BCUT2D eigenvalue weighted by atomic mass is 19.1. The molecule has 0 amide bonds. The molecule has 0 aliphatic rings. The molecule has 0 bridgehead atoms. The molecule has 0 aliphatic carbocycles. The Morgan fingerprint density at radius 2 is 1.60 bits per heavy atom. The molecular weight excluding hydrogens is 320 g/mol. The quantitative estimate of drug-likeness (QED) is 0.683. The molecule has 1 unspecified atom stereocenters. The normalized spacial score (nSPS) is 12.0. The van der Waals surface area contributed by atoms with E-state index in [4.69, 9.17) is 10.5 Å². The number of rotatable bonds is 6. The molecule has 4 heteroatoms. The average Bonchev–Trinajstić information content (AvgIpc) is 2.61. The second-order valence-electron chi connectivity index (χ2n) is 5.87. The monoisotopic (exact) mass is 339 g/mol. The first kappa shape index (κ1) is 17.1. The summed E-state index contributed by atoms with van der Waals surface area (Å²) in [6.45, 7) is 0.270. The first-order valence-electron chi connectivity index (χ1n) is 8.12. The summed E-state index contributed by atoms with van der Waals surface area (Å²) in [4.78, 5) is 0. The van der Waals surface area contributed by atoms with Crippen LogP contribution in [0.15, 0.2) is 72.8 Å². The van der Waals surface area contributed by atoms with Crippen molar-refractivity contribution in [2.24, 2.45) is 5.73 Å². The van der Waals surface area contributed by atoms with Crippen molar-refractivity contribution in [3.8, 4) is 11.5 Å². The number of benzene rings is 3. The van der Waals surface area contributed by atoms with Crippen molar-refractivity contribution >= 4 is 0 Å². The van der Waals surface area contributed by atoms with Gasteiger partial charge in [0.15, 0.2) is 0 Å². The van der Waals surface area contributed by atoms with Gasteiger partial charge in [0.1, 0.15) is 23.1 Å². The minimum atomic E-state index is -0.588. The van der Waals surface area contributed by atoms with Crippen LogP contribution in [0.4, 0.5) is 8.78 Å². The van der Waals surface area contributed by atoms with Gasteiger partial charge < -0.3 is 10.5 Å². The van der Waals surface area contributed by atoms with Crippen LogP contribution >= 0.6 is 0 Å². The summed E-state index contributed by atoms with van der Waals surface area (Å²) in [5.41, 5.74) is 7.24. The fourth-order valence-electron chi connectivity index (χ4n) is 2.80. The highest BCUT2D eigenvalue weighted by Crippen LogP contribution is 2.27. The summed E-state index contributed by atoms with van der Waals surface area (Å²) < 4.78 is 33.0. The number of hydrogen-bond acceptors (Lipinski definition) is 2. The molecule has 0 heterocycles. The van der Waals surface area contributed by atoms with E-state index in [9.17, 15) is 8.78 Å². The van der Waals surface area contributed by atoms with Gasteiger partial charge in [-0.2, -0.15) is 0 Å². The lowest BCUT2D eigenvalue weighted by Gasteiger charge is -2.17. The van der Waals surface area contributed by atoms with Crippen LogP contribution < -0.4 is 10.5 Å². The predicted molar refractivity (Wildman–Crippen MR) is 94.8 cm³/mol. The zero-order valence-electron chi connectivity index (χ0n) is 13.7. The summed E-state index contributed by atoms with van der Waals surface area (Å²) in [5, 5.41) is 0. The van der Waals surface area contributed by atoms with Crippen LogP contribution in [0.25, 0.3) is 0 Å². The van der Waals surface area contributed by atoms with Crippen LogP contribution in [0.3, 0.4) is 0 Å². The summed E-state index contributed by atoms with van der Waals surface area (Å²) in [7, 11) is 0. The third-order valence-corrected chi connectivity index (χ3v) is 4.05. The Kier molecular flexibility index (Phi) is 5.41. The van der Waals surface area contributed by atoms with Crippen LogP contribution in [-0.2, 0) is 6.42 Å². The van der Waals surface area contributed by atoms with E-state index < -0.39 is 11.6 Å². The van der Waals surface area contributed by atoms with Crippen molar-refractivity contribution in [3.05, 3.63) is 95.6 Å². The Bertz CT molecular complexity index is 836.